The largest absolute Gasteiger partial charge is 0.494 e. The summed E-state index contributed by atoms with van der Waals surface area (Å²) in [4.78, 5) is 24.3. The lowest BCUT2D eigenvalue weighted by molar-refractivity contribution is 0.120. The molecule has 4 aromatic heterocycles. The normalized spacial score (nSPS) is 14.7. The van der Waals surface area contributed by atoms with Gasteiger partial charge in [0.15, 0.2) is 5.65 Å². The number of fused-ring (bicyclic) bond motifs is 1. The summed E-state index contributed by atoms with van der Waals surface area (Å²) in [6, 6.07) is 18.7. The third kappa shape index (κ3) is 6.99. The third-order valence-electron chi connectivity index (χ3n) is 7.43. The van der Waals surface area contributed by atoms with Crippen LogP contribution in [-0.2, 0) is 0 Å². The number of nitrogens with zero attached hydrogens (tertiary/aromatic N) is 6. The van der Waals surface area contributed by atoms with Gasteiger partial charge in [-0.05, 0) is 67.2 Å². The van der Waals surface area contributed by atoms with Gasteiger partial charge in [-0.2, -0.15) is 0 Å². The number of rotatable bonds is 11. The molecule has 5 heterocycles. The highest BCUT2D eigenvalue weighted by molar-refractivity contribution is 7.14. The molecule has 212 valence electrons. The van der Waals surface area contributed by atoms with E-state index in [2.05, 4.69) is 76.0 Å². The van der Waals surface area contributed by atoms with Crippen molar-refractivity contribution in [3.05, 3.63) is 71.6 Å². The molecule has 6 rings (SSSR count). The van der Waals surface area contributed by atoms with Crippen LogP contribution in [0.4, 0.5) is 0 Å². The molecule has 1 aliphatic rings. The van der Waals surface area contributed by atoms with E-state index in [1.807, 2.05) is 24.4 Å². The topological polar surface area (TPSA) is 57.6 Å². The molecule has 0 bridgehead atoms. The lowest BCUT2D eigenvalue weighted by atomic mass is 10.1. The number of likely N-dealkylation sites (N-methyl/N-ethyl adjacent to an activating group) is 1. The van der Waals surface area contributed by atoms with Crippen molar-refractivity contribution in [2.75, 3.05) is 66.5 Å². The molecule has 0 saturated carbocycles. The van der Waals surface area contributed by atoms with Crippen LogP contribution in [0.3, 0.4) is 0 Å². The summed E-state index contributed by atoms with van der Waals surface area (Å²) < 4.78 is 6.07. The quantitative estimate of drug-likeness (QED) is 0.174. The Morgan fingerprint density at radius 3 is 2.10 bits per heavy atom. The maximum atomic E-state index is 6.07. The molecule has 0 amide bonds. The molecular formula is C32H36N6OS2. The molecule has 0 unspecified atom stereocenters. The second-order valence-electron chi connectivity index (χ2n) is 10.7. The molecule has 0 atom stereocenters. The van der Waals surface area contributed by atoms with Gasteiger partial charge in [0.2, 0.25) is 0 Å². The number of pyridine rings is 1. The van der Waals surface area contributed by atoms with Crippen molar-refractivity contribution in [2.24, 2.45) is 0 Å². The van der Waals surface area contributed by atoms with Crippen molar-refractivity contribution >= 4 is 33.8 Å². The predicted octanol–water partition coefficient (Wildman–Crippen LogP) is 6.10. The highest BCUT2D eigenvalue weighted by atomic mass is 32.1. The fourth-order valence-corrected chi connectivity index (χ4v) is 6.50. The van der Waals surface area contributed by atoms with E-state index < -0.39 is 0 Å². The van der Waals surface area contributed by atoms with Gasteiger partial charge in [-0.1, -0.05) is 24.3 Å². The molecule has 5 aromatic rings. The van der Waals surface area contributed by atoms with Crippen LogP contribution >= 0.6 is 22.7 Å². The first-order valence-corrected chi connectivity index (χ1v) is 16.0. The highest BCUT2D eigenvalue weighted by Crippen LogP contribution is 2.35. The molecular weight excluding hydrogens is 549 g/mol. The Kier molecular flexibility index (Phi) is 8.98. The highest BCUT2D eigenvalue weighted by Gasteiger charge is 2.17. The van der Waals surface area contributed by atoms with E-state index in [0.717, 1.165) is 102 Å². The zero-order chi connectivity index (χ0) is 28.0. The van der Waals surface area contributed by atoms with Crippen molar-refractivity contribution in [1.29, 1.82) is 0 Å². The second-order valence-corrected chi connectivity index (χ2v) is 12.6. The molecule has 0 radical (unpaired) electrons. The lowest BCUT2D eigenvalue weighted by Gasteiger charge is -2.35. The lowest BCUT2D eigenvalue weighted by Crippen LogP contribution is -2.48. The van der Waals surface area contributed by atoms with Crippen molar-refractivity contribution in [3.63, 3.8) is 0 Å². The zero-order valence-corrected chi connectivity index (χ0v) is 25.3. The SMILES string of the molecule is CN(C)CCN1CCN(CCCOc2ccc(-c3cnc4nc(-c5cccs5)c(-c5cccs5)nc4c3)cc2)CC1. The Hall–Kier alpha value is -3.21. The van der Waals surface area contributed by atoms with Gasteiger partial charge in [0.05, 0.1) is 16.4 Å². The minimum absolute atomic E-state index is 0.660. The number of ether oxygens (including phenoxy) is 1. The first-order valence-electron chi connectivity index (χ1n) is 14.2. The summed E-state index contributed by atoms with van der Waals surface area (Å²) in [5, 5.41) is 4.14. The van der Waals surface area contributed by atoms with Gasteiger partial charge in [-0.3, -0.25) is 4.90 Å². The molecule has 1 fully saturated rings. The van der Waals surface area contributed by atoms with Crippen LogP contribution in [0, 0.1) is 0 Å². The first kappa shape index (κ1) is 27.9. The molecule has 1 aromatic carbocycles. The third-order valence-corrected chi connectivity index (χ3v) is 9.19. The van der Waals surface area contributed by atoms with Gasteiger partial charge in [0.25, 0.3) is 0 Å². The summed E-state index contributed by atoms with van der Waals surface area (Å²) in [5.74, 6) is 0.899. The van der Waals surface area contributed by atoms with Crippen LogP contribution < -0.4 is 4.74 Å². The van der Waals surface area contributed by atoms with Gasteiger partial charge in [-0.25, -0.2) is 15.0 Å². The number of hydrogen-bond donors (Lipinski definition) is 0. The van der Waals surface area contributed by atoms with Crippen LogP contribution in [-0.4, -0.2) is 96.2 Å². The Morgan fingerprint density at radius 2 is 1.46 bits per heavy atom. The second kappa shape index (κ2) is 13.2. The molecule has 41 heavy (non-hydrogen) atoms. The molecule has 1 saturated heterocycles. The summed E-state index contributed by atoms with van der Waals surface area (Å²) in [6.45, 7) is 8.73. The number of piperazine rings is 1. The molecule has 0 aliphatic carbocycles. The van der Waals surface area contributed by atoms with E-state index in [0.29, 0.717) is 5.65 Å². The predicted molar refractivity (Wildman–Crippen MR) is 171 cm³/mol. The van der Waals surface area contributed by atoms with E-state index >= 15 is 0 Å². The van der Waals surface area contributed by atoms with Crippen LogP contribution in [0.25, 0.3) is 43.4 Å². The monoisotopic (exact) mass is 584 g/mol. The van der Waals surface area contributed by atoms with Gasteiger partial charge < -0.3 is 14.5 Å². The van der Waals surface area contributed by atoms with Crippen LogP contribution in [0.15, 0.2) is 71.6 Å². The first-order chi connectivity index (χ1) is 20.1. The summed E-state index contributed by atoms with van der Waals surface area (Å²) in [5.41, 5.74) is 5.35. The number of thiophene rings is 2. The van der Waals surface area contributed by atoms with E-state index in [-0.39, 0.29) is 0 Å². The minimum Gasteiger partial charge on any atom is -0.494 e. The number of hydrogen-bond acceptors (Lipinski definition) is 9. The van der Waals surface area contributed by atoms with E-state index in [9.17, 15) is 0 Å². The van der Waals surface area contributed by atoms with Crippen molar-refractivity contribution in [1.82, 2.24) is 29.7 Å². The smallest absolute Gasteiger partial charge is 0.178 e. The van der Waals surface area contributed by atoms with Crippen LogP contribution in [0.1, 0.15) is 6.42 Å². The fraction of sp³-hybridized carbons (Fsp3) is 0.344. The van der Waals surface area contributed by atoms with Crippen molar-refractivity contribution < 1.29 is 4.74 Å². The maximum absolute atomic E-state index is 6.07. The van der Waals surface area contributed by atoms with Crippen molar-refractivity contribution in [2.45, 2.75) is 6.42 Å². The molecule has 0 spiro atoms. The molecule has 7 nitrogen and oxygen atoms in total. The zero-order valence-electron chi connectivity index (χ0n) is 23.7. The number of benzene rings is 1. The van der Waals surface area contributed by atoms with Crippen molar-refractivity contribution in [3.8, 4) is 38.0 Å². The fourth-order valence-electron chi connectivity index (χ4n) is 5.07. The maximum Gasteiger partial charge on any atom is 0.178 e. The van der Waals surface area contributed by atoms with E-state index in [4.69, 9.17) is 19.7 Å². The van der Waals surface area contributed by atoms with Gasteiger partial charge in [0, 0.05) is 57.6 Å². The van der Waals surface area contributed by atoms with E-state index in [1.165, 1.54) is 0 Å². The Bertz CT molecular complexity index is 1530. The van der Waals surface area contributed by atoms with E-state index in [1.54, 1.807) is 22.7 Å². The van der Waals surface area contributed by atoms with Gasteiger partial charge in [-0.15, -0.1) is 22.7 Å². The molecule has 9 heteroatoms. The average molecular weight is 585 g/mol. The minimum atomic E-state index is 0.660. The summed E-state index contributed by atoms with van der Waals surface area (Å²) >= 11 is 3.35. The number of aromatic nitrogens is 3. The van der Waals surface area contributed by atoms with Gasteiger partial charge >= 0.3 is 0 Å². The Labute approximate surface area is 250 Å². The molecule has 0 N–H and O–H groups in total. The Balaban J connectivity index is 1.06. The Morgan fingerprint density at radius 1 is 0.805 bits per heavy atom. The summed E-state index contributed by atoms with van der Waals surface area (Å²) in [7, 11) is 4.28. The molecule has 1 aliphatic heterocycles. The van der Waals surface area contributed by atoms with Gasteiger partial charge in [0.1, 0.15) is 22.7 Å². The standard InChI is InChI=1S/C32H36N6OS2/c1-36(2)13-14-38-17-15-37(16-18-38)12-5-19-39-26-10-8-24(9-11-26)25-22-27-32(33-23-25)35-31(29-7-4-21-41-29)30(34-27)28-6-3-20-40-28/h3-4,6-11,20-23H,5,12-19H2,1-2H3. The summed E-state index contributed by atoms with van der Waals surface area (Å²) in [6.07, 6.45) is 2.92. The van der Waals surface area contributed by atoms with Crippen LogP contribution in [0.5, 0.6) is 5.75 Å². The average Bonchev–Trinajstić information content (AvgIpc) is 3.74. The van der Waals surface area contributed by atoms with Crippen LogP contribution in [0.2, 0.25) is 0 Å².